The number of hydrogen-bond donors (Lipinski definition) is 0. The quantitative estimate of drug-likeness (QED) is 0.164. The summed E-state index contributed by atoms with van der Waals surface area (Å²) in [7, 11) is 0. The predicted octanol–water partition coefficient (Wildman–Crippen LogP) is 9.87. The molecule has 2 atom stereocenters. The third-order valence-electron chi connectivity index (χ3n) is 11.4. The van der Waals surface area contributed by atoms with Crippen molar-refractivity contribution < 1.29 is 9.13 Å². The Labute approximate surface area is 290 Å². The van der Waals surface area contributed by atoms with Gasteiger partial charge in [0.15, 0.2) is 12.4 Å². The molecule has 2 aliphatic heterocycles. The SMILES string of the molecule is C=C1C2C(CCc3nc4c(cc3-c3cccc[n+]31)c1cccc3c5cc(-c6ccccc6)ccc5n4c31)c1ccccc1-c1ccc(C)c[n+]12. The largest absolute Gasteiger partial charge is 0.293 e. The molecule has 0 saturated carbocycles. The van der Waals surface area contributed by atoms with Crippen LogP contribution in [0.3, 0.4) is 0 Å². The van der Waals surface area contributed by atoms with Gasteiger partial charge in [-0.25, -0.2) is 4.98 Å². The lowest BCUT2D eigenvalue weighted by Crippen LogP contribution is -2.53. The van der Waals surface area contributed by atoms with E-state index in [0.717, 1.165) is 35.6 Å². The van der Waals surface area contributed by atoms with Crippen LogP contribution in [0.4, 0.5) is 0 Å². The Balaban J connectivity index is 1.17. The molecule has 0 aliphatic carbocycles. The average molecular weight is 643 g/mol. The summed E-state index contributed by atoms with van der Waals surface area (Å²) >= 11 is 0. The first kappa shape index (κ1) is 27.8. The summed E-state index contributed by atoms with van der Waals surface area (Å²) in [5, 5.41) is 4.98. The van der Waals surface area contributed by atoms with Crippen LogP contribution in [0.25, 0.3) is 77.6 Å². The number of rotatable bonds is 1. The van der Waals surface area contributed by atoms with Crippen molar-refractivity contribution in [2.75, 3.05) is 0 Å². The molecule has 50 heavy (non-hydrogen) atoms. The molecule has 4 aromatic carbocycles. The van der Waals surface area contributed by atoms with Crippen molar-refractivity contribution >= 4 is 43.9 Å². The summed E-state index contributed by atoms with van der Waals surface area (Å²) in [4.78, 5) is 5.67. The van der Waals surface area contributed by atoms with Crippen LogP contribution in [0.1, 0.15) is 35.2 Å². The number of aromatic nitrogens is 4. The highest BCUT2D eigenvalue weighted by atomic mass is 15.1. The van der Waals surface area contributed by atoms with Crippen LogP contribution in [0.15, 0.2) is 146 Å². The van der Waals surface area contributed by atoms with Crippen molar-refractivity contribution in [2.45, 2.75) is 31.7 Å². The van der Waals surface area contributed by atoms with Gasteiger partial charge < -0.3 is 0 Å². The second-order valence-electron chi connectivity index (χ2n) is 14.1. The maximum atomic E-state index is 5.67. The van der Waals surface area contributed by atoms with Crippen molar-refractivity contribution in [3.8, 4) is 33.6 Å². The van der Waals surface area contributed by atoms with Gasteiger partial charge in [0.2, 0.25) is 23.1 Å². The minimum absolute atomic E-state index is 0.0691. The molecule has 0 bridgehead atoms. The summed E-state index contributed by atoms with van der Waals surface area (Å²) in [5.74, 6) is 0.243. The zero-order valence-corrected chi connectivity index (χ0v) is 27.8. The van der Waals surface area contributed by atoms with E-state index in [1.165, 1.54) is 71.7 Å². The number of fused-ring (bicyclic) bond motifs is 15. The van der Waals surface area contributed by atoms with Crippen LogP contribution in [0.5, 0.6) is 0 Å². The fourth-order valence-electron chi connectivity index (χ4n) is 9.20. The molecule has 0 spiro atoms. The molecule has 0 N–H and O–H groups in total. The molecule has 0 radical (unpaired) electrons. The summed E-state index contributed by atoms with van der Waals surface area (Å²) in [6, 6.07) is 46.8. The van der Waals surface area contributed by atoms with Crippen molar-refractivity contribution in [2.24, 2.45) is 0 Å². The van der Waals surface area contributed by atoms with Gasteiger partial charge >= 0.3 is 0 Å². The molecule has 0 amide bonds. The zero-order valence-electron chi connectivity index (χ0n) is 27.8. The van der Waals surface area contributed by atoms with Gasteiger partial charge in [-0.15, -0.1) is 0 Å². The summed E-state index contributed by atoms with van der Waals surface area (Å²) in [6.07, 6.45) is 6.33. The van der Waals surface area contributed by atoms with Crippen LogP contribution in [-0.2, 0) is 6.42 Å². The molecule has 9 aromatic rings. The van der Waals surface area contributed by atoms with E-state index in [2.05, 4.69) is 160 Å². The number of benzene rings is 4. The van der Waals surface area contributed by atoms with E-state index in [0.29, 0.717) is 0 Å². The van der Waals surface area contributed by atoms with Crippen molar-refractivity contribution in [3.63, 3.8) is 0 Å². The second kappa shape index (κ2) is 10.2. The molecule has 11 rings (SSSR count). The lowest BCUT2D eigenvalue weighted by molar-refractivity contribution is -0.727. The number of hydrogen-bond acceptors (Lipinski definition) is 1. The van der Waals surface area contributed by atoms with E-state index in [1.807, 2.05) is 0 Å². The van der Waals surface area contributed by atoms with Crippen LogP contribution in [-0.4, -0.2) is 9.38 Å². The predicted molar refractivity (Wildman–Crippen MR) is 202 cm³/mol. The van der Waals surface area contributed by atoms with Crippen LogP contribution in [0.2, 0.25) is 0 Å². The third-order valence-corrected chi connectivity index (χ3v) is 11.4. The molecule has 2 aliphatic rings. The Bertz CT molecular complexity index is 2860. The Morgan fingerprint density at radius 1 is 0.700 bits per heavy atom. The van der Waals surface area contributed by atoms with Gasteiger partial charge in [-0.1, -0.05) is 72.8 Å². The highest BCUT2D eigenvalue weighted by Crippen LogP contribution is 2.46. The lowest BCUT2D eigenvalue weighted by atomic mass is 9.79. The minimum atomic E-state index is 0.0691. The van der Waals surface area contributed by atoms with Gasteiger partial charge in [0, 0.05) is 50.9 Å². The molecular weight excluding hydrogens is 609 g/mol. The van der Waals surface area contributed by atoms with E-state index in [9.17, 15) is 0 Å². The van der Waals surface area contributed by atoms with Gasteiger partial charge in [-0.2, -0.15) is 9.13 Å². The second-order valence-corrected chi connectivity index (χ2v) is 14.1. The number of nitrogens with zero attached hydrogens (tertiary/aromatic N) is 4. The molecule has 236 valence electrons. The Morgan fingerprint density at radius 2 is 1.52 bits per heavy atom. The van der Waals surface area contributed by atoms with E-state index in [-0.39, 0.29) is 12.0 Å². The molecule has 2 unspecified atom stereocenters. The van der Waals surface area contributed by atoms with Crippen LogP contribution < -0.4 is 9.13 Å². The Kier molecular flexibility index (Phi) is 5.66. The molecular formula is C46H34N4+2. The topological polar surface area (TPSA) is 25.1 Å². The number of allylic oxidation sites excluding steroid dienone is 1. The maximum absolute atomic E-state index is 5.67. The first-order valence-electron chi connectivity index (χ1n) is 17.6. The van der Waals surface area contributed by atoms with Gasteiger partial charge in [-0.05, 0) is 79.4 Å². The van der Waals surface area contributed by atoms with E-state index in [4.69, 9.17) is 11.6 Å². The van der Waals surface area contributed by atoms with Gasteiger partial charge in [0.05, 0.1) is 28.2 Å². The Morgan fingerprint density at radius 3 is 2.42 bits per heavy atom. The van der Waals surface area contributed by atoms with Crippen molar-refractivity contribution in [1.29, 1.82) is 0 Å². The molecule has 7 heterocycles. The molecule has 5 aromatic heterocycles. The third kappa shape index (κ3) is 3.73. The van der Waals surface area contributed by atoms with Crippen molar-refractivity contribution in [1.82, 2.24) is 9.38 Å². The normalized spacial score (nSPS) is 16.8. The fourth-order valence-corrected chi connectivity index (χ4v) is 9.20. The highest BCUT2D eigenvalue weighted by molar-refractivity contribution is 6.23. The fraction of sp³-hybridized carbons (Fsp3) is 0.109. The first-order chi connectivity index (χ1) is 24.6. The first-order valence-corrected chi connectivity index (χ1v) is 17.6. The lowest BCUT2D eigenvalue weighted by Gasteiger charge is -2.29. The highest BCUT2D eigenvalue weighted by Gasteiger charge is 2.47. The smallest absolute Gasteiger partial charge is 0.249 e. The van der Waals surface area contributed by atoms with Crippen molar-refractivity contribution in [3.05, 3.63) is 163 Å². The Hall–Kier alpha value is -6.13. The molecule has 0 fully saturated rings. The monoisotopic (exact) mass is 642 g/mol. The van der Waals surface area contributed by atoms with Crippen LogP contribution >= 0.6 is 0 Å². The summed E-state index contributed by atoms with van der Waals surface area (Å²) < 4.78 is 7.24. The van der Waals surface area contributed by atoms with E-state index in [1.54, 1.807) is 0 Å². The van der Waals surface area contributed by atoms with E-state index < -0.39 is 0 Å². The van der Waals surface area contributed by atoms with Crippen LogP contribution in [0, 0.1) is 6.92 Å². The maximum Gasteiger partial charge on any atom is 0.249 e. The number of para-hydroxylation sites is 1. The van der Waals surface area contributed by atoms with Gasteiger partial charge in [0.1, 0.15) is 5.65 Å². The molecule has 4 nitrogen and oxygen atoms in total. The molecule has 0 saturated heterocycles. The minimum Gasteiger partial charge on any atom is -0.293 e. The van der Waals surface area contributed by atoms with Gasteiger partial charge in [0.25, 0.3) is 0 Å². The molecule has 4 heteroatoms. The standard InChI is InChI=1S/C46H34N4/c1-28-18-22-42-33-14-7-6-13-32(33)36-20-21-40-39(41-17-8-9-24-48(41)29(2)44(36)49(42)27-28)26-38-35-16-10-15-34-37-25-31(30-11-4-3-5-12-30)19-23-43(37)50(45(34)35)46(38)47-40/h3-19,22-27,36,44H,2,20-21H2,1H3/q+2. The number of aryl methyl sites for hydroxylation is 2. The average Bonchev–Trinajstić information content (AvgIpc) is 3.68. The summed E-state index contributed by atoms with van der Waals surface area (Å²) in [5.41, 5.74) is 15.7. The van der Waals surface area contributed by atoms with Gasteiger partial charge in [-0.3, -0.25) is 4.40 Å². The summed E-state index contributed by atoms with van der Waals surface area (Å²) in [6.45, 7) is 7.05. The van der Waals surface area contributed by atoms with E-state index >= 15 is 0 Å². The zero-order chi connectivity index (χ0) is 33.1. The number of pyridine rings is 3.